The van der Waals surface area contributed by atoms with Crippen molar-refractivity contribution in [2.45, 2.75) is 5.41 Å². The molecule has 1 spiro atoms. The third kappa shape index (κ3) is 4.62. The minimum Gasteiger partial charge on any atom is -0.454 e. The average molecular weight is 746 g/mol. The highest BCUT2D eigenvalue weighted by atomic mass is 16.3. The van der Waals surface area contributed by atoms with Crippen LogP contribution in [0.4, 0.5) is 34.1 Å². The largest absolute Gasteiger partial charge is 0.454 e. The van der Waals surface area contributed by atoms with E-state index in [1.807, 2.05) is 60.7 Å². The fraction of sp³-hybridized carbons (Fsp3) is 0.0182. The van der Waals surface area contributed by atoms with Crippen LogP contribution in [-0.2, 0) is 5.41 Å². The van der Waals surface area contributed by atoms with Crippen molar-refractivity contribution in [2.24, 2.45) is 0 Å². The standard InChI is InChI=1S/C55H36N2O/c1-4-17-37(18-5-1)56(38-19-6-2-7-20-38)40-31-33-44-42-23-10-13-27-48(42)55(50(44)35-40)49-28-14-11-24-43(49)45-34-32-41(36-51(45)55)57(39-21-8-3-9-22-39)52-29-16-26-47-46-25-12-15-30-53(46)58-54(47)52/h1-36H/i3D,8D,9D,21D,22D. The first-order valence-electron chi connectivity index (χ1n) is 22.0. The Bertz CT molecular complexity index is 3410. The van der Waals surface area contributed by atoms with E-state index in [0.29, 0.717) is 22.5 Å². The molecular weight excluding hydrogens is 705 g/mol. The quantitative estimate of drug-likeness (QED) is 0.169. The molecule has 10 aromatic rings. The molecule has 9 aromatic carbocycles. The van der Waals surface area contributed by atoms with Gasteiger partial charge in [-0.2, -0.15) is 0 Å². The molecule has 1 aromatic heterocycles. The van der Waals surface area contributed by atoms with E-state index in [4.69, 9.17) is 8.53 Å². The van der Waals surface area contributed by atoms with Crippen LogP contribution in [0.5, 0.6) is 0 Å². The van der Waals surface area contributed by atoms with Gasteiger partial charge in [0.05, 0.1) is 18.0 Å². The van der Waals surface area contributed by atoms with Crippen LogP contribution in [0.2, 0.25) is 0 Å². The summed E-state index contributed by atoms with van der Waals surface area (Å²) in [6.07, 6.45) is 0. The maximum Gasteiger partial charge on any atom is 0.159 e. The molecule has 1 unspecified atom stereocenters. The van der Waals surface area contributed by atoms with Gasteiger partial charge in [0.1, 0.15) is 5.58 Å². The van der Waals surface area contributed by atoms with E-state index in [1.54, 1.807) is 4.90 Å². The molecule has 12 rings (SSSR count). The Kier molecular flexibility index (Phi) is 6.11. The number of fused-ring (bicyclic) bond motifs is 13. The third-order valence-corrected chi connectivity index (χ3v) is 11.9. The Labute approximate surface area is 344 Å². The maximum atomic E-state index is 9.35. The number of hydrogen-bond acceptors (Lipinski definition) is 3. The van der Waals surface area contributed by atoms with Gasteiger partial charge in [-0.15, -0.1) is 0 Å². The van der Waals surface area contributed by atoms with Gasteiger partial charge in [-0.05, 0) is 117 Å². The van der Waals surface area contributed by atoms with E-state index in [9.17, 15) is 2.74 Å². The zero-order chi connectivity index (χ0) is 42.6. The molecule has 3 nitrogen and oxygen atoms in total. The highest BCUT2D eigenvalue weighted by Gasteiger charge is 2.52. The Balaban J connectivity index is 1.16. The van der Waals surface area contributed by atoms with Crippen LogP contribution in [0.3, 0.4) is 0 Å². The van der Waals surface area contributed by atoms with Crippen molar-refractivity contribution in [3.05, 3.63) is 241 Å². The highest BCUT2D eigenvalue weighted by molar-refractivity contribution is 6.10. The van der Waals surface area contributed by atoms with Crippen molar-refractivity contribution < 1.29 is 11.3 Å². The van der Waals surface area contributed by atoms with E-state index in [0.717, 1.165) is 72.3 Å². The number of hydrogen-bond donors (Lipinski definition) is 0. The van der Waals surface area contributed by atoms with Gasteiger partial charge < -0.3 is 14.2 Å². The lowest BCUT2D eigenvalue weighted by Crippen LogP contribution is -2.26. The van der Waals surface area contributed by atoms with Crippen LogP contribution in [0, 0.1) is 0 Å². The van der Waals surface area contributed by atoms with E-state index in [1.165, 1.54) is 0 Å². The molecule has 0 radical (unpaired) electrons. The lowest BCUT2D eigenvalue weighted by Gasteiger charge is -2.33. The molecule has 0 saturated heterocycles. The van der Waals surface area contributed by atoms with Crippen molar-refractivity contribution in [3.63, 3.8) is 0 Å². The van der Waals surface area contributed by atoms with Crippen molar-refractivity contribution >= 4 is 56.1 Å². The molecule has 0 amide bonds. The molecule has 0 fully saturated rings. The van der Waals surface area contributed by atoms with Crippen molar-refractivity contribution in [3.8, 4) is 22.3 Å². The molecule has 0 aliphatic heterocycles. The Morgan fingerprint density at radius 1 is 0.379 bits per heavy atom. The summed E-state index contributed by atoms with van der Waals surface area (Å²) in [4.78, 5) is 4.09. The van der Waals surface area contributed by atoms with Gasteiger partial charge in [0, 0.05) is 39.2 Å². The van der Waals surface area contributed by atoms with Crippen LogP contribution in [0.15, 0.2) is 223 Å². The Hall–Kier alpha value is -7.62. The Morgan fingerprint density at radius 3 is 1.53 bits per heavy atom. The van der Waals surface area contributed by atoms with Crippen LogP contribution in [-0.4, -0.2) is 0 Å². The minimum atomic E-state index is -0.778. The fourth-order valence-corrected chi connectivity index (χ4v) is 9.65. The lowest BCUT2D eigenvalue weighted by molar-refractivity contribution is 0.669. The zero-order valence-electron chi connectivity index (χ0n) is 36.2. The van der Waals surface area contributed by atoms with Crippen molar-refractivity contribution in [1.29, 1.82) is 0 Å². The predicted molar refractivity (Wildman–Crippen MR) is 239 cm³/mol. The summed E-state index contributed by atoms with van der Waals surface area (Å²) >= 11 is 0. The van der Waals surface area contributed by atoms with Crippen molar-refractivity contribution in [2.75, 3.05) is 9.80 Å². The number of furan rings is 1. The van der Waals surface area contributed by atoms with Crippen molar-refractivity contribution in [1.82, 2.24) is 0 Å². The molecule has 272 valence electrons. The molecule has 0 N–H and O–H groups in total. The summed E-state index contributed by atoms with van der Waals surface area (Å²) < 4.78 is 51.5. The van der Waals surface area contributed by atoms with E-state index >= 15 is 0 Å². The third-order valence-electron chi connectivity index (χ3n) is 11.9. The summed E-state index contributed by atoms with van der Waals surface area (Å²) in [5.41, 5.74) is 13.7. The van der Waals surface area contributed by atoms with Crippen LogP contribution in [0.25, 0.3) is 44.2 Å². The van der Waals surface area contributed by atoms with Crippen LogP contribution in [0.1, 0.15) is 29.1 Å². The van der Waals surface area contributed by atoms with Gasteiger partial charge in [0.2, 0.25) is 0 Å². The fourth-order valence-electron chi connectivity index (χ4n) is 9.65. The summed E-state index contributed by atoms with van der Waals surface area (Å²) in [5, 5.41) is 1.78. The van der Waals surface area contributed by atoms with Gasteiger partial charge in [-0.1, -0.05) is 146 Å². The van der Waals surface area contributed by atoms with Crippen LogP contribution >= 0.6 is 0 Å². The van der Waals surface area contributed by atoms with Gasteiger partial charge >= 0.3 is 0 Å². The van der Waals surface area contributed by atoms with E-state index in [-0.39, 0.29) is 17.8 Å². The smallest absolute Gasteiger partial charge is 0.159 e. The maximum absolute atomic E-state index is 9.35. The first kappa shape index (κ1) is 27.9. The first-order valence-corrected chi connectivity index (χ1v) is 19.5. The van der Waals surface area contributed by atoms with Gasteiger partial charge in [-0.3, -0.25) is 0 Å². The SMILES string of the molecule is [2H]c1c([2H])c([2H])c(N(c2ccc3c(c2)C2(c4ccccc4-c4ccc(N(c5ccccc5)c5ccccc5)cc42)c2ccccc2-3)c2cccc3c2oc2ccccc23)c([2H])c1[2H]. The van der Waals surface area contributed by atoms with Crippen LogP contribution < -0.4 is 9.80 Å². The summed E-state index contributed by atoms with van der Waals surface area (Å²) in [6.45, 7) is 0. The molecule has 2 aliphatic rings. The topological polar surface area (TPSA) is 19.6 Å². The van der Waals surface area contributed by atoms with Gasteiger partial charge in [0.15, 0.2) is 5.58 Å². The molecule has 1 atom stereocenters. The number of para-hydroxylation sites is 5. The van der Waals surface area contributed by atoms with Gasteiger partial charge in [-0.25, -0.2) is 0 Å². The average Bonchev–Trinajstić information content (AvgIpc) is 3.96. The predicted octanol–water partition coefficient (Wildman–Crippen LogP) is 14.9. The van der Waals surface area contributed by atoms with E-state index in [2.05, 4.69) is 132 Å². The molecule has 0 saturated carbocycles. The monoisotopic (exact) mass is 745 g/mol. The summed E-state index contributed by atoms with van der Waals surface area (Å²) in [7, 11) is 0. The minimum absolute atomic E-state index is 0.0364. The summed E-state index contributed by atoms with van der Waals surface area (Å²) in [6, 6.07) is 63.0. The number of benzene rings is 9. The Morgan fingerprint density at radius 2 is 0.897 bits per heavy atom. The second kappa shape index (κ2) is 12.7. The molecule has 3 heteroatoms. The molecule has 1 heterocycles. The molecule has 58 heavy (non-hydrogen) atoms. The van der Waals surface area contributed by atoms with Gasteiger partial charge in [0.25, 0.3) is 0 Å². The normalized spacial score (nSPS) is 15.8. The van der Waals surface area contributed by atoms with E-state index < -0.39 is 23.5 Å². The summed E-state index contributed by atoms with van der Waals surface area (Å²) in [5.74, 6) is 0. The second-order valence-electron chi connectivity index (χ2n) is 14.9. The zero-order valence-corrected chi connectivity index (χ0v) is 31.2. The molecule has 0 bridgehead atoms. The number of anilines is 6. The lowest BCUT2D eigenvalue weighted by atomic mass is 9.70. The molecular formula is C55H36N2O. The second-order valence-corrected chi connectivity index (χ2v) is 14.9. The molecule has 2 aliphatic carbocycles. The highest BCUT2D eigenvalue weighted by Crippen LogP contribution is 2.64. The number of nitrogens with zero attached hydrogens (tertiary/aromatic N) is 2. The number of rotatable bonds is 6. The first-order chi connectivity index (χ1) is 30.9.